The van der Waals surface area contributed by atoms with Gasteiger partial charge < -0.3 is 14.6 Å². The number of rotatable bonds is 2. The van der Waals surface area contributed by atoms with Crippen molar-refractivity contribution in [2.45, 2.75) is 12.2 Å². The van der Waals surface area contributed by atoms with Gasteiger partial charge in [-0.05, 0) is 0 Å². The van der Waals surface area contributed by atoms with Gasteiger partial charge in [-0.3, -0.25) is 0 Å². The number of alkyl halides is 1. The molecule has 0 aromatic carbocycles. The first-order chi connectivity index (χ1) is 4.86. The summed E-state index contributed by atoms with van der Waals surface area (Å²) in [5.41, 5.74) is 0. The average molecular weight is 167 g/mol. The summed E-state index contributed by atoms with van der Waals surface area (Å²) in [6.07, 6.45) is -0.149. The van der Waals surface area contributed by atoms with Crippen molar-refractivity contribution in [1.29, 1.82) is 0 Å². The molecule has 10 heavy (non-hydrogen) atoms. The van der Waals surface area contributed by atoms with Crippen LogP contribution in [0.2, 0.25) is 0 Å². The van der Waals surface area contributed by atoms with Crippen molar-refractivity contribution >= 4 is 11.6 Å². The van der Waals surface area contributed by atoms with Gasteiger partial charge in [0.05, 0.1) is 31.8 Å². The van der Waals surface area contributed by atoms with Crippen molar-refractivity contribution < 1.29 is 14.6 Å². The van der Waals surface area contributed by atoms with Crippen molar-refractivity contribution in [3.05, 3.63) is 0 Å². The first-order valence-electron chi connectivity index (χ1n) is 3.27. The Bertz CT molecular complexity index is 79.0. The van der Waals surface area contributed by atoms with Crippen LogP contribution in [0.25, 0.3) is 0 Å². The minimum atomic E-state index is -0.153. The van der Waals surface area contributed by atoms with Gasteiger partial charge in [0.25, 0.3) is 0 Å². The van der Waals surface area contributed by atoms with Gasteiger partial charge in [0.15, 0.2) is 0 Å². The summed E-state index contributed by atoms with van der Waals surface area (Å²) >= 11 is 5.50. The Morgan fingerprint density at radius 3 is 2.30 bits per heavy atom. The van der Waals surface area contributed by atoms with Crippen molar-refractivity contribution in [3.63, 3.8) is 0 Å². The SMILES string of the molecule is OC[C@@H]1CO[C@@H](CCl)CO1. The smallest absolute Gasteiger partial charge is 0.104 e. The number of ether oxygens (including phenoxy) is 2. The molecule has 1 N–H and O–H groups in total. The second kappa shape index (κ2) is 4.13. The monoisotopic (exact) mass is 166 g/mol. The van der Waals surface area contributed by atoms with Crippen LogP contribution in [0.1, 0.15) is 0 Å². The quantitative estimate of drug-likeness (QED) is 0.587. The maximum atomic E-state index is 8.61. The minimum Gasteiger partial charge on any atom is -0.394 e. The highest BCUT2D eigenvalue weighted by molar-refractivity contribution is 6.18. The minimum absolute atomic E-state index is 0.00414. The summed E-state index contributed by atoms with van der Waals surface area (Å²) in [4.78, 5) is 0. The molecular weight excluding hydrogens is 156 g/mol. The van der Waals surface area contributed by atoms with Gasteiger partial charge in [0.1, 0.15) is 6.10 Å². The maximum Gasteiger partial charge on any atom is 0.104 e. The van der Waals surface area contributed by atoms with Gasteiger partial charge in [-0.15, -0.1) is 11.6 Å². The Labute approximate surface area is 64.9 Å². The number of aliphatic hydroxyl groups excluding tert-OH is 1. The summed E-state index contributed by atoms with van der Waals surface area (Å²) < 4.78 is 10.4. The standard InChI is InChI=1S/C6H11ClO3/c7-1-5-3-10-6(2-8)4-9-5/h5-6,8H,1-4H2/t5-,6+/m0/s1. The summed E-state index contributed by atoms with van der Waals surface area (Å²) in [6, 6.07) is 0. The molecule has 0 amide bonds. The molecule has 1 saturated heterocycles. The Morgan fingerprint density at radius 2 is 1.90 bits per heavy atom. The van der Waals surface area contributed by atoms with Crippen molar-refractivity contribution in [2.24, 2.45) is 0 Å². The predicted octanol–water partition coefficient (Wildman–Crippen LogP) is 0.00150. The van der Waals surface area contributed by atoms with E-state index in [1.807, 2.05) is 0 Å². The van der Waals surface area contributed by atoms with E-state index in [-0.39, 0.29) is 18.8 Å². The van der Waals surface area contributed by atoms with Gasteiger partial charge in [-0.25, -0.2) is 0 Å². The third kappa shape index (κ3) is 2.09. The molecule has 0 saturated carbocycles. The molecule has 1 aliphatic heterocycles. The molecule has 0 radical (unpaired) electrons. The second-order valence-electron chi connectivity index (χ2n) is 2.25. The normalized spacial score (nSPS) is 34.2. The van der Waals surface area contributed by atoms with E-state index in [4.69, 9.17) is 26.2 Å². The van der Waals surface area contributed by atoms with Crippen LogP contribution >= 0.6 is 11.6 Å². The summed E-state index contributed by atoms with van der Waals surface area (Å²) in [7, 11) is 0. The zero-order chi connectivity index (χ0) is 7.40. The van der Waals surface area contributed by atoms with E-state index in [1.165, 1.54) is 0 Å². The summed E-state index contributed by atoms with van der Waals surface area (Å²) in [5.74, 6) is 0.456. The second-order valence-corrected chi connectivity index (χ2v) is 2.56. The third-order valence-corrected chi connectivity index (χ3v) is 1.76. The molecule has 1 rings (SSSR count). The Hall–Kier alpha value is 0.170. The van der Waals surface area contributed by atoms with Gasteiger partial charge in [-0.1, -0.05) is 0 Å². The van der Waals surface area contributed by atoms with Crippen LogP contribution in [0.15, 0.2) is 0 Å². The van der Waals surface area contributed by atoms with Crippen LogP contribution in [0.3, 0.4) is 0 Å². The van der Waals surface area contributed by atoms with Gasteiger partial charge in [0.2, 0.25) is 0 Å². The van der Waals surface area contributed by atoms with Crippen molar-refractivity contribution in [2.75, 3.05) is 25.7 Å². The van der Waals surface area contributed by atoms with Crippen LogP contribution in [0.5, 0.6) is 0 Å². The lowest BCUT2D eigenvalue weighted by Gasteiger charge is -2.26. The zero-order valence-electron chi connectivity index (χ0n) is 5.62. The molecule has 0 bridgehead atoms. The summed E-state index contributed by atoms with van der Waals surface area (Å²) in [6.45, 7) is 0.970. The molecule has 1 fully saturated rings. The molecular formula is C6H11ClO3. The molecule has 1 aliphatic rings. The highest BCUT2D eigenvalue weighted by Gasteiger charge is 2.20. The van der Waals surface area contributed by atoms with E-state index in [0.29, 0.717) is 19.1 Å². The van der Waals surface area contributed by atoms with Crippen molar-refractivity contribution in [1.82, 2.24) is 0 Å². The Kier molecular flexibility index (Phi) is 3.42. The van der Waals surface area contributed by atoms with Crippen LogP contribution in [-0.2, 0) is 9.47 Å². The fourth-order valence-electron chi connectivity index (χ4n) is 0.778. The zero-order valence-corrected chi connectivity index (χ0v) is 6.38. The number of hydrogen-bond acceptors (Lipinski definition) is 3. The molecule has 0 aromatic rings. The van der Waals surface area contributed by atoms with Crippen LogP contribution in [0, 0.1) is 0 Å². The average Bonchev–Trinajstić information content (AvgIpc) is 2.05. The maximum absolute atomic E-state index is 8.61. The Balaban J connectivity index is 2.17. The number of aliphatic hydroxyl groups is 1. The lowest BCUT2D eigenvalue weighted by atomic mass is 10.3. The van der Waals surface area contributed by atoms with Crippen LogP contribution in [-0.4, -0.2) is 43.0 Å². The lowest BCUT2D eigenvalue weighted by Crippen LogP contribution is -2.38. The van der Waals surface area contributed by atoms with E-state index in [2.05, 4.69) is 0 Å². The number of hydrogen-bond donors (Lipinski definition) is 1. The first-order valence-corrected chi connectivity index (χ1v) is 3.80. The van der Waals surface area contributed by atoms with E-state index in [9.17, 15) is 0 Å². The largest absolute Gasteiger partial charge is 0.394 e. The molecule has 2 atom stereocenters. The Morgan fingerprint density at radius 1 is 1.30 bits per heavy atom. The first kappa shape index (κ1) is 8.27. The molecule has 3 nitrogen and oxygen atoms in total. The van der Waals surface area contributed by atoms with Crippen LogP contribution in [0.4, 0.5) is 0 Å². The highest BCUT2D eigenvalue weighted by atomic mass is 35.5. The molecule has 1 heterocycles. The lowest BCUT2D eigenvalue weighted by molar-refractivity contribution is -0.137. The van der Waals surface area contributed by atoms with E-state index < -0.39 is 0 Å². The fourth-order valence-corrected chi connectivity index (χ4v) is 0.956. The highest BCUT2D eigenvalue weighted by Crippen LogP contribution is 2.07. The molecule has 0 spiro atoms. The van der Waals surface area contributed by atoms with Crippen molar-refractivity contribution in [3.8, 4) is 0 Å². The molecule has 60 valence electrons. The van der Waals surface area contributed by atoms with Gasteiger partial charge in [-0.2, -0.15) is 0 Å². The van der Waals surface area contributed by atoms with E-state index in [1.54, 1.807) is 0 Å². The molecule has 0 aliphatic carbocycles. The topological polar surface area (TPSA) is 38.7 Å². The third-order valence-electron chi connectivity index (χ3n) is 1.41. The van der Waals surface area contributed by atoms with E-state index >= 15 is 0 Å². The van der Waals surface area contributed by atoms with Crippen LogP contribution < -0.4 is 0 Å². The molecule has 0 aromatic heterocycles. The molecule has 0 unspecified atom stereocenters. The van der Waals surface area contributed by atoms with E-state index in [0.717, 1.165) is 0 Å². The predicted molar refractivity (Wildman–Crippen MR) is 37.3 cm³/mol. The number of halogens is 1. The molecule has 4 heteroatoms. The summed E-state index contributed by atoms with van der Waals surface area (Å²) in [5, 5.41) is 8.61. The fraction of sp³-hybridized carbons (Fsp3) is 1.00. The van der Waals surface area contributed by atoms with Gasteiger partial charge >= 0.3 is 0 Å². The van der Waals surface area contributed by atoms with Gasteiger partial charge in [0, 0.05) is 0 Å².